The summed E-state index contributed by atoms with van der Waals surface area (Å²) in [5.41, 5.74) is 2.50. The van der Waals surface area contributed by atoms with E-state index < -0.39 is 10.0 Å². The Labute approximate surface area is 133 Å². The lowest BCUT2D eigenvalue weighted by Gasteiger charge is -2.14. The zero-order chi connectivity index (χ0) is 15.6. The van der Waals surface area contributed by atoms with Crippen LogP contribution < -0.4 is 4.72 Å². The van der Waals surface area contributed by atoms with E-state index in [0.717, 1.165) is 10.0 Å². The SMILES string of the molecule is Cc1c(Br)cccc1NS(=O)(=O)c1cccc(CO)c1C. The lowest BCUT2D eigenvalue weighted by atomic mass is 10.1. The summed E-state index contributed by atoms with van der Waals surface area (Å²) in [6, 6.07) is 10.2. The van der Waals surface area contributed by atoms with E-state index >= 15 is 0 Å². The van der Waals surface area contributed by atoms with Gasteiger partial charge in [-0.2, -0.15) is 0 Å². The Kier molecular flexibility index (Phi) is 4.70. The number of hydrogen-bond donors (Lipinski definition) is 2. The van der Waals surface area contributed by atoms with Crippen molar-refractivity contribution in [1.82, 2.24) is 0 Å². The number of rotatable bonds is 4. The molecule has 0 saturated heterocycles. The standard InChI is InChI=1S/C15H16BrNO3S/c1-10-12(9-18)5-3-8-15(10)21(19,20)17-14-7-4-6-13(16)11(14)2/h3-8,17-18H,9H2,1-2H3. The molecular weight excluding hydrogens is 354 g/mol. The number of hydrogen-bond acceptors (Lipinski definition) is 3. The first kappa shape index (κ1) is 16.0. The lowest BCUT2D eigenvalue weighted by Crippen LogP contribution is -2.15. The highest BCUT2D eigenvalue weighted by Crippen LogP contribution is 2.27. The fourth-order valence-corrected chi connectivity index (χ4v) is 3.82. The van der Waals surface area contributed by atoms with E-state index in [1.807, 2.05) is 13.0 Å². The van der Waals surface area contributed by atoms with Crippen molar-refractivity contribution in [2.24, 2.45) is 0 Å². The van der Waals surface area contributed by atoms with Crippen LogP contribution in [-0.4, -0.2) is 13.5 Å². The molecule has 0 unspecified atom stereocenters. The molecule has 6 heteroatoms. The molecule has 0 bridgehead atoms. The summed E-state index contributed by atoms with van der Waals surface area (Å²) in [5.74, 6) is 0. The van der Waals surface area contributed by atoms with Gasteiger partial charge in [0.25, 0.3) is 10.0 Å². The van der Waals surface area contributed by atoms with Crippen LogP contribution in [0.15, 0.2) is 45.8 Å². The maximum Gasteiger partial charge on any atom is 0.262 e. The van der Waals surface area contributed by atoms with E-state index in [2.05, 4.69) is 20.7 Å². The predicted octanol–water partition coefficient (Wildman–Crippen LogP) is 3.36. The fourth-order valence-electron chi connectivity index (χ4n) is 2.04. The molecule has 0 radical (unpaired) electrons. The highest BCUT2D eigenvalue weighted by molar-refractivity contribution is 9.10. The zero-order valence-corrected chi connectivity index (χ0v) is 14.1. The van der Waals surface area contributed by atoms with E-state index in [1.165, 1.54) is 6.07 Å². The molecule has 0 aliphatic carbocycles. The van der Waals surface area contributed by atoms with Crippen LogP contribution in [0.2, 0.25) is 0 Å². The molecule has 0 fully saturated rings. The molecule has 2 rings (SSSR count). The van der Waals surface area contributed by atoms with E-state index in [9.17, 15) is 13.5 Å². The number of aliphatic hydroxyl groups excluding tert-OH is 1. The van der Waals surface area contributed by atoms with Gasteiger partial charge < -0.3 is 5.11 Å². The molecule has 0 aromatic heterocycles. The van der Waals surface area contributed by atoms with Crippen molar-refractivity contribution in [1.29, 1.82) is 0 Å². The van der Waals surface area contributed by atoms with Crippen LogP contribution in [0.25, 0.3) is 0 Å². The third-order valence-electron chi connectivity index (χ3n) is 3.37. The molecule has 21 heavy (non-hydrogen) atoms. The Bertz CT molecular complexity index is 772. The van der Waals surface area contributed by atoms with Crippen LogP contribution in [0.4, 0.5) is 5.69 Å². The van der Waals surface area contributed by atoms with Gasteiger partial charge in [-0.1, -0.05) is 34.1 Å². The Morgan fingerprint density at radius 2 is 1.76 bits per heavy atom. The first-order valence-electron chi connectivity index (χ1n) is 6.34. The summed E-state index contributed by atoms with van der Waals surface area (Å²) < 4.78 is 28.5. The van der Waals surface area contributed by atoms with Crippen molar-refractivity contribution in [2.75, 3.05) is 4.72 Å². The molecule has 0 saturated carbocycles. The Hall–Kier alpha value is -1.37. The van der Waals surface area contributed by atoms with Crippen LogP contribution >= 0.6 is 15.9 Å². The molecule has 0 heterocycles. The van der Waals surface area contributed by atoms with Gasteiger partial charge in [-0.3, -0.25) is 4.72 Å². The molecular formula is C15H16BrNO3S. The van der Waals surface area contributed by atoms with E-state index in [0.29, 0.717) is 16.8 Å². The average Bonchev–Trinajstić information content (AvgIpc) is 2.44. The quantitative estimate of drug-likeness (QED) is 0.867. The molecule has 112 valence electrons. The highest BCUT2D eigenvalue weighted by atomic mass is 79.9. The van der Waals surface area contributed by atoms with Crippen molar-refractivity contribution in [2.45, 2.75) is 25.3 Å². The lowest BCUT2D eigenvalue weighted by molar-refractivity contribution is 0.280. The monoisotopic (exact) mass is 369 g/mol. The van der Waals surface area contributed by atoms with Gasteiger partial charge in [0.2, 0.25) is 0 Å². The summed E-state index contributed by atoms with van der Waals surface area (Å²) in [6.45, 7) is 3.33. The Morgan fingerprint density at radius 3 is 2.43 bits per heavy atom. The molecule has 0 aliphatic heterocycles. The number of sulfonamides is 1. The molecule has 4 nitrogen and oxygen atoms in total. The number of halogens is 1. The maximum absolute atomic E-state index is 12.5. The van der Waals surface area contributed by atoms with E-state index in [4.69, 9.17) is 0 Å². The van der Waals surface area contributed by atoms with Crippen molar-refractivity contribution < 1.29 is 13.5 Å². The summed E-state index contributed by atoms with van der Waals surface area (Å²) in [6.07, 6.45) is 0. The normalized spacial score (nSPS) is 11.4. The van der Waals surface area contributed by atoms with Crippen LogP contribution in [0.5, 0.6) is 0 Å². The smallest absolute Gasteiger partial charge is 0.262 e. The number of aliphatic hydroxyl groups is 1. The summed E-state index contributed by atoms with van der Waals surface area (Å²) in [5, 5.41) is 9.26. The third kappa shape index (κ3) is 3.28. The minimum atomic E-state index is -3.70. The summed E-state index contributed by atoms with van der Waals surface area (Å²) in [4.78, 5) is 0.174. The minimum absolute atomic E-state index is 0.174. The molecule has 2 aromatic rings. The number of benzene rings is 2. The summed E-state index contributed by atoms with van der Waals surface area (Å²) in [7, 11) is -3.70. The fraction of sp³-hybridized carbons (Fsp3) is 0.200. The van der Waals surface area contributed by atoms with Crippen LogP contribution in [-0.2, 0) is 16.6 Å². The largest absolute Gasteiger partial charge is 0.392 e. The van der Waals surface area contributed by atoms with Gasteiger partial charge in [-0.15, -0.1) is 0 Å². The highest BCUT2D eigenvalue weighted by Gasteiger charge is 2.19. The molecule has 0 atom stereocenters. The van der Waals surface area contributed by atoms with E-state index in [1.54, 1.807) is 31.2 Å². The van der Waals surface area contributed by atoms with Crippen molar-refractivity contribution in [3.05, 3.63) is 57.6 Å². The van der Waals surface area contributed by atoms with Crippen LogP contribution in [0.3, 0.4) is 0 Å². The predicted molar refractivity (Wildman–Crippen MR) is 86.8 cm³/mol. The van der Waals surface area contributed by atoms with Gasteiger partial charge in [0.1, 0.15) is 0 Å². The molecule has 2 aromatic carbocycles. The van der Waals surface area contributed by atoms with Crippen LogP contribution in [0, 0.1) is 13.8 Å². The minimum Gasteiger partial charge on any atom is -0.392 e. The first-order valence-corrected chi connectivity index (χ1v) is 8.61. The van der Waals surface area contributed by atoms with Gasteiger partial charge >= 0.3 is 0 Å². The van der Waals surface area contributed by atoms with Gasteiger partial charge in [-0.25, -0.2) is 8.42 Å². The van der Waals surface area contributed by atoms with E-state index in [-0.39, 0.29) is 11.5 Å². The van der Waals surface area contributed by atoms with Crippen molar-refractivity contribution >= 4 is 31.6 Å². The van der Waals surface area contributed by atoms with Gasteiger partial charge in [0, 0.05) is 4.47 Å². The van der Waals surface area contributed by atoms with Gasteiger partial charge in [0.05, 0.1) is 17.2 Å². The zero-order valence-electron chi connectivity index (χ0n) is 11.7. The number of anilines is 1. The van der Waals surface area contributed by atoms with Gasteiger partial charge in [0.15, 0.2) is 0 Å². The Morgan fingerprint density at radius 1 is 1.10 bits per heavy atom. The summed E-state index contributed by atoms with van der Waals surface area (Å²) >= 11 is 3.38. The second-order valence-corrected chi connectivity index (χ2v) is 7.22. The molecule has 2 N–H and O–H groups in total. The molecule has 0 aliphatic rings. The molecule has 0 amide bonds. The van der Waals surface area contributed by atoms with Crippen molar-refractivity contribution in [3.63, 3.8) is 0 Å². The van der Waals surface area contributed by atoms with Crippen LogP contribution in [0.1, 0.15) is 16.7 Å². The topological polar surface area (TPSA) is 66.4 Å². The second kappa shape index (κ2) is 6.17. The molecule has 0 spiro atoms. The number of nitrogens with one attached hydrogen (secondary N) is 1. The van der Waals surface area contributed by atoms with Gasteiger partial charge in [-0.05, 0) is 48.7 Å². The average molecular weight is 370 g/mol. The second-order valence-electron chi connectivity index (χ2n) is 4.72. The Balaban J connectivity index is 2.46. The first-order chi connectivity index (χ1) is 9.86. The third-order valence-corrected chi connectivity index (χ3v) is 5.74. The van der Waals surface area contributed by atoms with Crippen molar-refractivity contribution in [3.8, 4) is 0 Å². The maximum atomic E-state index is 12.5.